The lowest BCUT2D eigenvalue weighted by Crippen LogP contribution is -2.59. The van der Waals surface area contributed by atoms with E-state index >= 15 is 0 Å². The van der Waals surface area contributed by atoms with Gasteiger partial charge in [-0.05, 0) is 44.4 Å². The summed E-state index contributed by atoms with van der Waals surface area (Å²) in [6.07, 6.45) is -4.36. The third-order valence-corrected chi connectivity index (χ3v) is 7.42. The second-order valence-corrected chi connectivity index (χ2v) is 11.7. The first-order valence-electron chi connectivity index (χ1n) is 15.6. The van der Waals surface area contributed by atoms with Crippen LogP contribution < -0.4 is 15.5 Å². The number of fused-ring (bicyclic) bond motifs is 1. The molecule has 2 aromatic carbocycles. The molecule has 2 N–H and O–H groups in total. The van der Waals surface area contributed by atoms with Gasteiger partial charge in [0.05, 0.1) is 12.5 Å². The molecule has 3 aromatic rings. The van der Waals surface area contributed by atoms with Crippen molar-refractivity contribution in [2.24, 2.45) is 5.92 Å². The van der Waals surface area contributed by atoms with E-state index in [1.54, 1.807) is 19.1 Å². The molecule has 0 aliphatic carbocycles. The number of ether oxygens (including phenoxy) is 5. The summed E-state index contributed by atoms with van der Waals surface area (Å²) in [5.41, 5.74) is 3.99. The molecule has 5 atom stereocenters. The van der Waals surface area contributed by atoms with Crippen LogP contribution >= 0.6 is 0 Å². The van der Waals surface area contributed by atoms with E-state index in [0.717, 1.165) is 10.9 Å². The standard InChI is InChI=1S/C34H41N3O12/c1-19-29(45-21(3)39)31(46-22(4)40)28(18-44-20(2)38)48-34(19)49-36-32(41)23-11-13-24(14-12-23)43-16-15-35-33(42)30-26(17-37(5)6)25-9-7-8-10-27(25)47-30/h7-14,19,28-29,31,34H,15-18H2,1-6H3,(H,35,42)(H,36,41)/t19-,28-,29-,31+,34+/m1/s1. The van der Waals surface area contributed by atoms with Gasteiger partial charge in [0.2, 0.25) is 0 Å². The van der Waals surface area contributed by atoms with Gasteiger partial charge < -0.3 is 38.3 Å². The fraction of sp³-hybridized carbons (Fsp3) is 0.441. The minimum absolute atomic E-state index is 0.160. The van der Waals surface area contributed by atoms with E-state index in [-0.39, 0.29) is 37.0 Å². The van der Waals surface area contributed by atoms with Gasteiger partial charge in [-0.15, -0.1) is 0 Å². The molecule has 1 saturated heterocycles. The largest absolute Gasteiger partial charge is 0.492 e. The molecular weight excluding hydrogens is 642 g/mol. The van der Waals surface area contributed by atoms with Gasteiger partial charge in [0.1, 0.15) is 36.8 Å². The van der Waals surface area contributed by atoms with Crippen LogP contribution in [-0.4, -0.2) is 93.1 Å². The minimum atomic E-state index is -1.17. The van der Waals surface area contributed by atoms with E-state index in [4.69, 9.17) is 32.9 Å². The number of carbonyl (C=O) groups is 5. The van der Waals surface area contributed by atoms with Crippen LogP contribution in [0.3, 0.4) is 0 Å². The van der Waals surface area contributed by atoms with Crippen molar-refractivity contribution in [3.8, 4) is 5.75 Å². The molecule has 15 heteroatoms. The van der Waals surface area contributed by atoms with Crippen LogP contribution in [0.2, 0.25) is 0 Å². The summed E-state index contributed by atoms with van der Waals surface area (Å²) in [5, 5.41) is 3.71. The number of benzene rings is 2. The number of amides is 2. The van der Waals surface area contributed by atoms with Crippen molar-refractivity contribution in [2.75, 3.05) is 33.9 Å². The molecule has 264 valence electrons. The van der Waals surface area contributed by atoms with E-state index in [1.165, 1.54) is 32.9 Å². The Morgan fingerprint density at radius 2 is 1.53 bits per heavy atom. The molecule has 0 unspecified atom stereocenters. The Labute approximate surface area is 283 Å². The third kappa shape index (κ3) is 10.0. The fourth-order valence-electron chi connectivity index (χ4n) is 5.25. The zero-order valence-corrected chi connectivity index (χ0v) is 28.2. The van der Waals surface area contributed by atoms with Crippen molar-refractivity contribution in [2.45, 2.75) is 58.8 Å². The first-order valence-corrected chi connectivity index (χ1v) is 15.6. The fourth-order valence-corrected chi connectivity index (χ4v) is 5.25. The van der Waals surface area contributed by atoms with Crippen LogP contribution in [0, 0.1) is 5.92 Å². The molecule has 0 bridgehead atoms. The Bertz CT molecular complexity index is 1640. The molecule has 2 amide bonds. The van der Waals surface area contributed by atoms with Gasteiger partial charge in [-0.25, -0.2) is 10.3 Å². The second-order valence-electron chi connectivity index (χ2n) is 11.7. The van der Waals surface area contributed by atoms with Gasteiger partial charge in [-0.2, -0.15) is 0 Å². The quantitative estimate of drug-likeness (QED) is 0.110. The summed E-state index contributed by atoms with van der Waals surface area (Å²) in [6.45, 7) is 5.77. The molecule has 1 fully saturated rings. The lowest BCUT2D eigenvalue weighted by molar-refractivity contribution is -0.298. The number of hydroxylamine groups is 1. The topological polar surface area (TPSA) is 181 Å². The highest BCUT2D eigenvalue weighted by Gasteiger charge is 2.49. The van der Waals surface area contributed by atoms with E-state index in [0.29, 0.717) is 17.9 Å². The number of hydrogen-bond acceptors (Lipinski definition) is 13. The average molecular weight is 684 g/mol. The zero-order chi connectivity index (χ0) is 35.7. The zero-order valence-electron chi connectivity index (χ0n) is 28.2. The number of rotatable bonds is 14. The van der Waals surface area contributed by atoms with Crippen LogP contribution in [0.4, 0.5) is 0 Å². The maximum Gasteiger partial charge on any atom is 0.303 e. The van der Waals surface area contributed by atoms with Crippen molar-refractivity contribution in [1.29, 1.82) is 0 Å². The summed E-state index contributed by atoms with van der Waals surface area (Å²) in [6, 6.07) is 13.7. The van der Waals surface area contributed by atoms with Crippen LogP contribution in [-0.2, 0) is 44.7 Å². The van der Waals surface area contributed by atoms with Crippen molar-refractivity contribution in [3.05, 3.63) is 65.4 Å². The third-order valence-electron chi connectivity index (χ3n) is 7.42. The summed E-state index contributed by atoms with van der Waals surface area (Å²) >= 11 is 0. The van der Waals surface area contributed by atoms with Crippen molar-refractivity contribution >= 4 is 40.7 Å². The maximum absolute atomic E-state index is 12.9. The van der Waals surface area contributed by atoms with Gasteiger partial charge in [-0.3, -0.25) is 24.0 Å². The average Bonchev–Trinajstić information content (AvgIpc) is 3.41. The van der Waals surface area contributed by atoms with Crippen molar-refractivity contribution < 1.29 is 56.9 Å². The van der Waals surface area contributed by atoms with Crippen LogP contribution in [0.1, 0.15) is 54.2 Å². The predicted molar refractivity (Wildman–Crippen MR) is 172 cm³/mol. The molecule has 4 rings (SSSR count). The smallest absolute Gasteiger partial charge is 0.303 e. The highest BCUT2D eigenvalue weighted by Crippen LogP contribution is 2.31. The highest BCUT2D eigenvalue weighted by atomic mass is 16.8. The molecule has 49 heavy (non-hydrogen) atoms. The molecule has 1 aliphatic rings. The van der Waals surface area contributed by atoms with Gasteiger partial charge in [0.15, 0.2) is 18.2 Å². The number of esters is 3. The van der Waals surface area contributed by atoms with Crippen LogP contribution in [0.5, 0.6) is 5.75 Å². The summed E-state index contributed by atoms with van der Waals surface area (Å²) in [5.74, 6) is -2.87. The van der Waals surface area contributed by atoms with Gasteiger partial charge in [-0.1, -0.05) is 25.1 Å². The summed E-state index contributed by atoms with van der Waals surface area (Å²) < 4.78 is 33.3. The first-order chi connectivity index (χ1) is 23.3. The van der Waals surface area contributed by atoms with Gasteiger partial charge in [0.25, 0.3) is 11.8 Å². The normalized spacial score (nSPS) is 20.3. The number of furan rings is 1. The van der Waals surface area contributed by atoms with Gasteiger partial charge in [0, 0.05) is 43.8 Å². The van der Waals surface area contributed by atoms with Crippen molar-refractivity contribution in [3.63, 3.8) is 0 Å². The van der Waals surface area contributed by atoms with Gasteiger partial charge >= 0.3 is 17.9 Å². The summed E-state index contributed by atoms with van der Waals surface area (Å²) in [7, 11) is 3.83. The number of para-hydroxylation sites is 1. The number of nitrogens with one attached hydrogen (secondary N) is 2. The Morgan fingerprint density at radius 3 is 2.18 bits per heavy atom. The lowest BCUT2D eigenvalue weighted by Gasteiger charge is -2.43. The van der Waals surface area contributed by atoms with Crippen molar-refractivity contribution in [1.82, 2.24) is 15.7 Å². The monoisotopic (exact) mass is 683 g/mol. The first kappa shape index (κ1) is 36.8. The van der Waals surface area contributed by atoms with Crippen LogP contribution in [0.15, 0.2) is 52.9 Å². The molecule has 0 spiro atoms. The maximum atomic E-state index is 12.9. The predicted octanol–water partition coefficient (Wildman–Crippen LogP) is 2.75. The molecule has 1 aromatic heterocycles. The van der Waals surface area contributed by atoms with E-state index in [9.17, 15) is 24.0 Å². The van der Waals surface area contributed by atoms with E-state index in [1.807, 2.05) is 43.3 Å². The summed E-state index contributed by atoms with van der Waals surface area (Å²) in [4.78, 5) is 68.4. The SMILES string of the molecule is CC(=O)OC[C@H]1O[C@@H](ONC(=O)c2ccc(OCCNC(=O)c3oc4ccccc4c3CN(C)C)cc2)[C@H](C)[C@@H](OC(C)=O)[C@H]1OC(C)=O. The number of carbonyl (C=O) groups excluding carboxylic acids is 5. The molecular formula is C34H41N3O12. The number of nitrogens with zero attached hydrogens (tertiary/aromatic N) is 1. The van der Waals surface area contributed by atoms with E-state index in [2.05, 4.69) is 10.8 Å². The Kier molecular flexibility index (Phi) is 12.7. The number of hydrogen-bond donors (Lipinski definition) is 2. The molecule has 2 heterocycles. The minimum Gasteiger partial charge on any atom is -0.492 e. The second kappa shape index (κ2) is 16.9. The Morgan fingerprint density at radius 1 is 0.857 bits per heavy atom. The Balaban J connectivity index is 1.30. The highest BCUT2D eigenvalue weighted by molar-refractivity contribution is 5.99. The molecule has 15 nitrogen and oxygen atoms in total. The molecule has 0 radical (unpaired) electrons. The lowest BCUT2D eigenvalue weighted by atomic mass is 9.92. The van der Waals surface area contributed by atoms with E-state index < -0.39 is 54.3 Å². The Hall–Kier alpha value is -4.99. The molecule has 1 aliphatic heterocycles. The van der Waals surface area contributed by atoms with Crippen LogP contribution in [0.25, 0.3) is 11.0 Å². The molecule has 0 saturated carbocycles.